The van der Waals surface area contributed by atoms with Crippen LogP contribution in [0.5, 0.6) is 5.75 Å². The maximum atomic E-state index is 12.5. The van der Waals surface area contributed by atoms with Gasteiger partial charge >= 0.3 is 0 Å². The second-order valence-electron chi connectivity index (χ2n) is 7.40. The van der Waals surface area contributed by atoms with E-state index in [1.807, 2.05) is 60.7 Å². The Morgan fingerprint density at radius 2 is 1.74 bits per heavy atom. The first-order valence-electron chi connectivity index (χ1n) is 10.1. The second-order valence-corrected chi connectivity index (χ2v) is 7.40. The monoisotopic (exact) mass is 412 g/mol. The van der Waals surface area contributed by atoms with Gasteiger partial charge in [0.05, 0.1) is 19.3 Å². The number of rotatable bonds is 3. The maximum Gasteiger partial charge on any atom is 0.251 e. The number of methoxy groups -OCH3 is 1. The number of nitrogens with zero attached hydrogens (tertiary/aromatic N) is 1. The Hall–Kier alpha value is -3.86. The van der Waals surface area contributed by atoms with Crippen molar-refractivity contribution in [1.29, 1.82) is 0 Å². The van der Waals surface area contributed by atoms with Gasteiger partial charge in [-0.25, -0.2) is 0 Å². The molecule has 0 spiro atoms. The minimum atomic E-state index is -0.129. The Kier molecular flexibility index (Phi) is 5.58. The molecule has 0 radical (unpaired) electrons. The van der Waals surface area contributed by atoms with Crippen LogP contribution in [0.4, 0.5) is 5.69 Å². The van der Waals surface area contributed by atoms with Crippen molar-refractivity contribution in [3.63, 3.8) is 0 Å². The van der Waals surface area contributed by atoms with Gasteiger partial charge in [0, 0.05) is 25.1 Å². The van der Waals surface area contributed by atoms with Crippen molar-refractivity contribution < 1.29 is 14.3 Å². The Balaban J connectivity index is 1.83. The van der Waals surface area contributed by atoms with Gasteiger partial charge in [0.25, 0.3) is 5.91 Å². The van der Waals surface area contributed by atoms with E-state index in [1.54, 1.807) is 26.0 Å². The number of hydrogen-bond donors (Lipinski definition) is 1. The Morgan fingerprint density at radius 1 is 0.968 bits per heavy atom. The number of carbonyl (C=O) groups is 2. The summed E-state index contributed by atoms with van der Waals surface area (Å²) in [5.74, 6) is 0.577. The van der Waals surface area contributed by atoms with Gasteiger partial charge in [-0.15, -0.1) is 0 Å². The highest BCUT2D eigenvalue weighted by Gasteiger charge is 2.20. The van der Waals surface area contributed by atoms with Crippen LogP contribution in [-0.4, -0.2) is 26.0 Å². The van der Waals surface area contributed by atoms with Crippen molar-refractivity contribution in [2.45, 2.75) is 13.5 Å². The zero-order valence-electron chi connectivity index (χ0n) is 17.8. The molecule has 0 unspecified atom stereocenters. The molecule has 5 nitrogen and oxygen atoms in total. The summed E-state index contributed by atoms with van der Waals surface area (Å²) in [6.07, 6.45) is 4.06. The molecule has 0 fully saturated rings. The summed E-state index contributed by atoms with van der Waals surface area (Å²) in [5.41, 5.74) is 6.21. The zero-order valence-corrected chi connectivity index (χ0v) is 17.8. The number of fused-ring (bicyclic) bond motifs is 2. The molecule has 4 rings (SSSR count). The fourth-order valence-corrected chi connectivity index (χ4v) is 3.90. The van der Waals surface area contributed by atoms with Crippen LogP contribution >= 0.6 is 0 Å². The van der Waals surface area contributed by atoms with Gasteiger partial charge in [-0.2, -0.15) is 0 Å². The minimum absolute atomic E-state index is 0.0381. The van der Waals surface area contributed by atoms with Gasteiger partial charge in [-0.3, -0.25) is 9.59 Å². The van der Waals surface area contributed by atoms with Crippen LogP contribution in [0.25, 0.3) is 23.3 Å². The van der Waals surface area contributed by atoms with Crippen molar-refractivity contribution in [2.24, 2.45) is 0 Å². The van der Waals surface area contributed by atoms with Gasteiger partial charge in [0.2, 0.25) is 5.91 Å². The minimum Gasteiger partial charge on any atom is -0.497 e. The van der Waals surface area contributed by atoms with Gasteiger partial charge in [-0.1, -0.05) is 42.5 Å². The third-order valence-corrected chi connectivity index (χ3v) is 5.53. The molecule has 0 saturated carbocycles. The van der Waals surface area contributed by atoms with Crippen LogP contribution in [-0.2, 0) is 11.3 Å². The highest BCUT2D eigenvalue weighted by atomic mass is 16.5. The molecule has 1 heterocycles. The van der Waals surface area contributed by atoms with Crippen molar-refractivity contribution >= 4 is 29.7 Å². The SMILES string of the molecule is CNC(=O)c1ccccc1-c1ccc2c(c1)CN(C(C)=O)c1ccc(OC)cc1C=C2. The molecule has 2 amide bonds. The predicted octanol–water partition coefficient (Wildman–Crippen LogP) is 4.76. The molecule has 0 aromatic heterocycles. The van der Waals surface area contributed by atoms with Crippen LogP contribution in [0.15, 0.2) is 60.7 Å². The number of benzene rings is 3. The number of nitrogens with one attached hydrogen (secondary N) is 1. The van der Waals surface area contributed by atoms with E-state index in [9.17, 15) is 9.59 Å². The summed E-state index contributed by atoms with van der Waals surface area (Å²) < 4.78 is 5.35. The van der Waals surface area contributed by atoms with E-state index >= 15 is 0 Å². The van der Waals surface area contributed by atoms with Crippen LogP contribution in [0.2, 0.25) is 0 Å². The first kappa shape index (κ1) is 20.4. The Morgan fingerprint density at radius 3 is 2.48 bits per heavy atom. The number of carbonyl (C=O) groups excluding carboxylic acids is 2. The van der Waals surface area contributed by atoms with Gasteiger partial charge < -0.3 is 15.0 Å². The summed E-state index contributed by atoms with van der Waals surface area (Å²) in [4.78, 5) is 26.7. The molecule has 3 aromatic rings. The van der Waals surface area contributed by atoms with Crippen molar-refractivity contribution in [2.75, 3.05) is 19.1 Å². The van der Waals surface area contributed by atoms with Crippen LogP contribution in [0.3, 0.4) is 0 Å². The van der Waals surface area contributed by atoms with Crippen molar-refractivity contribution in [1.82, 2.24) is 5.32 Å². The molecule has 156 valence electrons. The average Bonchev–Trinajstić information content (AvgIpc) is 2.79. The molecular formula is C26H24N2O3. The third-order valence-electron chi connectivity index (χ3n) is 5.53. The van der Waals surface area contributed by atoms with E-state index in [0.717, 1.165) is 39.3 Å². The molecule has 1 N–H and O–H groups in total. The summed E-state index contributed by atoms with van der Waals surface area (Å²) in [7, 11) is 3.26. The molecule has 0 saturated heterocycles. The van der Waals surface area contributed by atoms with Crippen molar-refractivity contribution in [3.05, 3.63) is 82.9 Å². The standard InChI is InChI=1S/C26H24N2O3/c1-17(29)28-16-21-14-19(23-6-4-5-7-24(23)26(30)27-2)10-8-18(21)9-11-20-15-22(31-3)12-13-25(20)28/h4-15H,16H2,1-3H3,(H,27,30). The first-order valence-corrected chi connectivity index (χ1v) is 10.1. The van der Waals surface area contributed by atoms with Gasteiger partial charge in [0.15, 0.2) is 0 Å². The second kappa shape index (κ2) is 8.48. The van der Waals surface area contributed by atoms with E-state index < -0.39 is 0 Å². The fraction of sp³-hybridized carbons (Fsp3) is 0.154. The summed E-state index contributed by atoms with van der Waals surface area (Å²) >= 11 is 0. The molecule has 0 bridgehead atoms. The number of ether oxygens (including phenoxy) is 1. The summed E-state index contributed by atoms with van der Waals surface area (Å²) in [5, 5.41) is 2.70. The quantitative estimate of drug-likeness (QED) is 0.675. The van der Waals surface area contributed by atoms with E-state index in [4.69, 9.17) is 4.74 Å². The number of hydrogen-bond acceptors (Lipinski definition) is 3. The largest absolute Gasteiger partial charge is 0.497 e. The highest BCUT2D eigenvalue weighted by molar-refractivity contribution is 6.01. The average molecular weight is 412 g/mol. The van der Waals surface area contributed by atoms with E-state index in [-0.39, 0.29) is 11.8 Å². The highest BCUT2D eigenvalue weighted by Crippen LogP contribution is 2.34. The molecule has 1 aliphatic rings. The lowest BCUT2D eigenvalue weighted by atomic mass is 9.93. The lowest BCUT2D eigenvalue weighted by molar-refractivity contribution is -0.116. The van der Waals surface area contributed by atoms with Crippen LogP contribution < -0.4 is 15.0 Å². The van der Waals surface area contributed by atoms with Crippen LogP contribution in [0.1, 0.15) is 34.0 Å². The Labute approximate surface area is 182 Å². The van der Waals surface area contributed by atoms with Gasteiger partial charge in [-0.05, 0) is 52.6 Å². The van der Waals surface area contributed by atoms with Gasteiger partial charge in [0.1, 0.15) is 5.75 Å². The summed E-state index contributed by atoms with van der Waals surface area (Å²) in [6, 6.07) is 19.3. The molecule has 31 heavy (non-hydrogen) atoms. The van der Waals surface area contributed by atoms with E-state index in [1.165, 1.54) is 0 Å². The summed E-state index contributed by atoms with van der Waals surface area (Å²) in [6.45, 7) is 2.01. The zero-order chi connectivity index (χ0) is 22.0. The molecular weight excluding hydrogens is 388 g/mol. The molecule has 1 aliphatic heterocycles. The molecule has 0 aliphatic carbocycles. The molecule has 3 aromatic carbocycles. The normalized spacial score (nSPS) is 12.3. The Bertz CT molecular complexity index is 1200. The predicted molar refractivity (Wildman–Crippen MR) is 124 cm³/mol. The smallest absolute Gasteiger partial charge is 0.251 e. The van der Waals surface area contributed by atoms with Crippen molar-refractivity contribution in [3.8, 4) is 16.9 Å². The molecule has 0 atom stereocenters. The number of anilines is 1. The lowest BCUT2D eigenvalue weighted by Crippen LogP contribution is -2.29. The first-order chi connectivity index (χ1) is 15.0. The number of amides is 2. The van der Waals surface area contributed by atoms with E-state index in [2.05, 4.69) is 17.5 Å². The fourth-order valence-electron chi connectivity index (χ4n) is 3.90. The third kappa shape index (κ3) is 3.94. The maximum absolute atomic E-state index is 12.5. The van der Waals surface area contributed by atoms with Crippen LogP contribution in [0, 0.1) is 0 Å². The topological polar surface area (TPSA) is 58.6 Å². The van der Waals surface area contributed by atoms with E-state index in [0.29, 0.717) is 12.1 Å². The lowest BCUT2D eigenvalue weighted by Gasteiger charge is -2.26. The molecule has 5 heteroatoms.